The summed E-state index contributed by atoms with van der Waals surface area (Å²) in [6.45, 7) is 3.96. The van der Waals surface area contributed by atoms with E-state index in [9.17, 15) is 8.42 Å². The molecule has 4 nitrogen and oxygen atoms in total. The number of sulfone groups is 1. The maximum atomic E-state index is 11.7. The molecular weight excluding hydrogens is 286 g/mol. The SMILES string of the molecule is Cc1ccc(OC2CCCC(S(C)(=O)=O)C2)c([C@@H](C)N)c1. The van der Waals surface area contributed by atoms with E-state index < -0.39 is 9.84 Å². The van der Waals surface area contributed by atoms with E-state index in [1.54, 1.807) is 0 Å². The number of aryl methyl sites for hydroxylation is 1. The lowest BCUT2D eigenvalue weighted by Crippen LogP contribution is -2.33. The van der Waals surface area contributed by atoms with Crippen LogP contribution in [0.2, 0.25) is 0 Å². The van der Waals surface area contributed by atoms with Crippen LogP contribution in [0.15, 0.2) is 18.2 Å². The van der Waals surface area contributed by atoms with Gasteiger partial charge in [0.25, 0.3) is 0 Å². The molecule has 1 aromatic carbocycles. The Hall–Kier alpha value is -1.07. The normalized spacial score (nSPS) is 24.6. The van der Waals surface area contributed by atoms with E-state index in [0.717, 1.165) is 36.1 Å². The highest BCUT2D eigenvalue weighted by Gasteiger charge is 2.30. The second-order valence-electron chi connectivity index (χ2n) is 6.19. The van der Waals surface area contributed by atoms with Crippen LogP contribution < -0.4 is 10.5 Å². The molecule has 0 bridgehead atoms. The Balaban J connectivity index is 2.15. The Bertz CT molecular complexity index is 596. The van der Waals surface area contributed by atoms with Crippen LogP contribution in [0.1, 0.15) is 49.8 Å². The van der Waals surface area contributed by atoms with E-state index in [0.29, 0.717) is 6.42 Å². The van der Waals surface area contributed by atoms with E-state index >= 15 is 0 Å². The summed E-state index contributed by atoms with van der Waals surface area (Å²) in [5.41, 5.74) is 8.14. The highest BCUT2D eigenvalue weighted by Crippen LogP contribution is 2.31. The van der Waals surface area contributed by atoms with Crippen molar-refractivity contribution in [3.05, 3.63) is 29.3 Å². The molecule has 0 saturated heterocycles. The van der Waals surface area contributed by atoms with Gasteiger partial charge in [-0.3, -0.25) is 0 Å². The molecule has 0 aromatic heterocycles. The van der Waals surface area contributed by atoms with Gasteiger partial charge in [0.15, 0.2) is 0 Å². The first-order valence-corrected chi connectivity index (χ1v) is 9.44. The molecule has 21 heavy (non-hydrogen) atoms. The van der Waals surface area contributed by atoms with Crippen LogP contribution in [-0.2, 0) is 9.84 Å². The average Bonchev–Trinajstić information content (AvgIpc) is 2.40. The van der Waals surface area contributed by atoms with Gasteiger partial charge in [0.1, 0.15) is 15.6 Å². The van der Waals surface area contributed by atoms with Gasteiger partial charge >= 0.3 is 0 Å². The monoisotopic (exact) mass is 311 g/mol. The topological polar surface area (TPSA) is 69.4 Å². The van der Waals surface area contributed by atoms with Crippen LogP contribution in [0.5, 0.6) is 5.75 Å². The highest BCUT2D eigenvalue weighted by molar-refractivity contribution is 7.91. The Morgan fingerprint density at radius 1 is 1.33 bits per heavy atom. The summed E-state index contributed by atoms with van der Waals surface area (Å²) < 4.78 is 29.5. The zero-order chi connectivity index (χ0) is 15.6. The van der Waals surface area contributed by atoms with E-state index in [1.165, 1.54) is 6.26 Å². The van der Waals surface area contributed by atoms with Crippen molar-refractivity contribution < 1.29 is 13.2 Å². The van der Waals surface area contributed by atoms with Crippen molar-refractivity contribution in [2.75, 3.05) is 6.26 Å². The summed E-state index contributed by atoms with van der Waals surface area (Å²) in [7, 11) is -2.99. The van der Waals surface area contributed by atoms with Gasteiger partial charge in [-0.05, 0) is 39.2 Å². The number of nitrogens with two attached hydrogens (primary N) is 1. The van der Waals surface area contributed by atoms with E-state index in [4.69, 9.17) is 10.5 Å². The molecule has 1 aliphatic rings. The van der Waals surface area contributed by atoms with Gasteiger partial charge in [0.2, 0.25) is 0 Å². The second kappa shape index (κ2) is 6.36. The van der Waals surface area contributed by atoms with Crippen LogP contribution in [0, 0.1) is 6.92 Å². The smallest absolute Gasteiger partial charge is 0.150 e. The van der Waals surface area contributed by atoms with Crippen molar-refractivity contribution in [2.45, 2.75) is 56.9 Å². The minimum atomic E-state index is -2.99. The third kappa shape index (κ3) is 4.20. The fourth-order valence-electron chi connectivity index (χ4n) is 2.91. The lowest BCUT2D eigenvalue weighted by Gasteiger charge is -2.29. The van der Waals surface area contributed by atoms with E-state index in [2.05, 4.69) is 0 Å². The van der Waals surface area contributed by atoms with Crippen molar-refractivity contribution in [3.8, 4) is 5.75 Å². The van der Waals surface area contributed by atoms with Gasteiger partial charge in [-0.25, -0.2) is 8.42 Å². The van der Waals surface area contributed by atoms with Gasteiger partial charge < -0.3 is 10.5 Å². The molecule has 2 unspecified atom stereocenters. The maximum absolute atomic E-state index is 11.7. The van der Waals surface area contributed by atoms with Crippen LogP contribution in [0.4, 0.5) is 0 Å². The molecule has 5 heteroatoms. The van der Waals surface area contributed by atoms with Crippen molar-refractivity contribution in [2.24, 2.45) is 5.73 Å². The first-order valence-electron chi connectivity index (χ1n) is 7.49. The molecule has 1 aromatic rings. The molecule has 1 fully saturated rings. The van der Waals surface area contributed by atoms with Gasteiger partial charge in [-0.1, -0.05) is 17.7 Å². The maximum Gasteiger partial charge on any atom is 0.150 e. The number of hydrogen-bond donors (Lipinski definition) is 1. The average molecular weight is 311 g/mol. The minimum absolute atomic E-state index is 0.0429. The molecule has 0 radical (unpaired) electrons. The fourth-order valence-corrected chi connectivity index (χ4v) is 4.07. The number of ether oxygens (including phenoxy) is 1. The summed E-state index contributed by atoms with van der Waals surface area (Å²) in [5.74, 6) is 0.787. The standard InChI is InChI=1S/C16H25NO3S/c1-11-7-8-16(15(9-11)12(2)17)20-13-5-4-6-14(10-13)21(3,18)19/h7-9,12-14H,4-6,10,17H2,1-3H3/t12-,13?,14?/m1/s1. The van der Waals surface area contributed by atoms with Gasteiger partial charge in [0, 0.05) is 24.3 Å². The molecule has 0 amide bonds. The Morgan fingerprint density at radius 3 is 2.67 bits per heavy atom. The predicted molar refractivity (Wildman–Crippen MR) is 85.3 cm³/mol. The highest BCUT2D eigenvalue weighted by atomic mass is 32.2. The van der Waals surface area contributed by atoms with E-state index in [1.807, 2.05) is 32.0 Å². The zero-order valence-corrected chi connectivity index (χ0v) is 13.8. The number of hydrogen-bond acceptors (Lipinski definition) is 4. The molecule has 1 saturated carbocycles. The Morgan fingerprint density at radius 2 is 2.05 bits per heavy atom. The second-order valence-corrected chi connectivity index (χ2v) is 8.51. The molecule has 118 valence electrons. The molecular formula is C16H25NO3S. The first-order chi connectivity index (χ1) is 9.77. The Labute approximate surface area is 127 Å². The van der Waals surface area contributed by atoms with Crippen molar-refractivity contribution in [3.63, 3.8) is 0 Å². The largest absolute Gasteiger partial charge is 0.490 e. The lowest BCUT2D eigenvalue weighted by molar-refractivity contribution is 0.154. The van der Waals surface area contributed by atoms with Crippen LogP contribution in [0.25, 0.3) is 0 Å². The summed E-state index contributed by atoms with van der Waals surface area (Å²) >= 11 is 0. The van der Waals surface area contributed by atoms with Crippen LogP contribution >= 0.6 is 0 Å². The predicted octanol–water partition coefficient (Wildman–Crippen LogP) is 2.75. The van der Waals surface area contributed by atoms with Crippen LogP contribution in [-0.4, -0.2) is 26.0 Å². The van der Waals surface area contributed by atoms with Gasteiger partial charge in [-0.2, -0.15) is 0 Å². The zero-order valence-electron chi connectivity index (χ0n) is 13.0. The molecule has 1 aliphatic carbocycles. The molecule has 0 heterocycles. The molecule has 0 aliphatic heterocycles. The number of benzene rings is 1. The summed E-state index contributed by atoms with van der Waals surface area (Å²) in [4.78, 5) is 0. The van der Waals surface area contributed by atoms with Gasteiger partial charge in [-0.15, -0.1) is 0 Å². The van der Waals surface area contributed by atoms with Crippen molar-refractivity contribution in [1.82, 2.24) is 0 Å². The minimum Gasteiger partial charge on any atom is -0.490 e. The van der Waals surface area contributed by atoms with Gasteiger partial charge in [0.05, 0.1) is 11.4 Å². The summed E-state index contributed by atoms with van der Waals surface area (Å²) in [6.07, 6.45) is 4.38. The fraction of sp³-hybridized carbons (Fsp3) is 0.625. The molecule has 2 N–H and O–H groups in total. The molecule has 2 rings (SSSR count). The Kier molecular flexibility index (Phi) is 4.94. The molecule has 0 spiro atoms. The van der Waals surface area contributed by atoms with Crippen LogP contribution in [0.3, 0.4) is 0 Å². The quantitative estimate of drug-likeness (QED) is 0.928. The molecule has 3 atom stereocenters. The summed E-state index contributed by atoms with van der Waals surface area (Å²) in [6, 6.07) is 5.88. The van der Waals surface area contributed by atoms with E-state index in [-0.39, 0.29) is 17.4 Å². The number of rotatable bonds is 4. The first kappa shape index (κ1) is 16.3. The lowest BCUT2D eigenvalue weighted by atomic mass is 9.96. The van der Waals surface area contributed by atoms with Crippen molar-refractivity contribution >= 4 is 9.84 Å². The van der Waals surface area contributed by atoms with Crippen molar-refractivity contribution in [1.29, 1.82) is 0 Å². The third-order valence-corrected chi connectivity index (χ3v) is 5.77. The summed E-state index contributed by atoms with van der Waals surface area (Å²) in [5, 5.41) is -0.277. The third-order valence-electron chi connectivity index (χ3n) is 4.13.